The molecule has 0 radical (unpaired) electrons. The summed E-state index contributed by atoms with van der Waals surface area (Å²) < 4.78 is 18.2. The van der Waals surface area contributed by atoms with Crippen molar-refractivity contribution in [3.8, 4) is 0 Å². The van der Waals surface area contributed by atoms with Crippen molar-refractivity contribution in [1.29, 1.82) is 0 Å². The second-order valence-corrected chi connectivity index (χ2v) is 7.11. The number of nitrogens with zero attached hydrogens (tertiary/aromatic N) is 4. The number of likely N-dealkylation sites (tertiary alicyclic amines) is 1. The third-order valence-electron chi connectivity index (χ3n) is 4.47. The first-order valence-corrected chi connectivity index (χ1v) is 9.62. The van der Waals surface area contributed by atoms with E-state index in [9.17, 15) is 9.18 Å². The SMILES string of the molecule is CCN1CCC(C(=O)Nc2nonc2/C=N/ONc2ccc(F)c(Br)c2)CC1. The Morgan fingerprint density at radius 1 is 1.46 bits per heavy atom. The molecule has 2 aromatic rings. The van der Waals surface area contributed by atoms with Crippen LogP contribution < -0.4 is 10.8 Å². The van der Waals surface area contributed by atoms with Crippen molar-refractivity contribution >= 4 is 39.6 Å². The van der Waals surface area contributed by atoms with Gasteiger partial charge < -0.3 is 10.2 Å². The number of oxime groups is 1. The van der Waals surface area contributed by atoms with Crippen molar-refractivity contribution in [1.82, 2.24) is 15.2 Å². The van der Waals surface area contributed by atoms with Gasteiger partial charge in [-0.1, -0.05) is 12.1 Å². The highest BCUT2D eigenvalue weighted by Gasteiger charge is 2.25. The average molecular weight is 455 g/mol. The summed E-state index contributed by atoms with van der Waals surface area (Å²) in [4.78, 5) is 19.7. The van der Waals surface area contributed by atoms with Gasteiger partial charge >= 0.3 is 0 Å². The van der Waals surface area contributed by atoms with E-state index in [-0.39, 0.29) is 29.2 Å². The molecule has 0 atom stereocenters. The summed E-state index contributed by atoms with van der Waals surface area (Å²) in [6, 6.07) is 4.26. The van der Waals surface area contributed by atoms with Crippen LogP contribution in [-0.4, -0.2) is 47.0 Å². The molecule has 28 heavy (non-hydrogen) atoms. The molecule has 2 heterocycles. The maximum absolute atomic E-state index is 13.2. The molecule has 3 rings (SSSR count). The van der Waals surface area contributed by atoms with Crippen LogP contribution >= 0.6 is 15.9 Å². The van der Waals surface area contributed by atoms with Crippen LogP contribution in [0.4, 0.5) is 15.9 Å². The minimum absolute atomic E-state index is 0.0703. The summed E-state index contributed by atoms with van der Waals surface area (Å²) in [7, 11) is 0. The van der Waals surface area contributed by atoms with E-state index in [0.717, 1.165) is 32.5 Å². The van der Waals surface area contributed by atoms with E-state index >= 15 is 0 Å². The first kappa shape index (κ1) is 20.2. The van der Waals surface area contributed by atoms with Crippen molar-refractivity contribution in [3.05, 3.63) is 34.2 Å². The van der Waals surface area contributed by atoms with Gasteiger partial charge in [0.05, 0.1) is 10.2 Å². The number of hydrogen-bond acceptors (Lipinski definition) is 8. The zero-order chi connectivity index (χ0) is 19.9. The van der Waals surface area contributed by atoms with Gasteiger partial charge in [0.1, 0.15) is 12.0 Å². The lowest BCUT2D eigenvalue weighted by Crippen LogP contribution is -2.38. The van der Waals surface area contributed by atoms with Gasteiger partial charge in [0, 0.05) is 5.92 Å². The minimum Gasteiger partial charge on any atom is -0.306 e. The fourth-order valence-corrected chi connectivity index (χ4v) is 3.19. The largest absolute Gasteiger partial charge is 0.306 e. The molecule has 1 fully saturated rings. The van der Waals surface area contributed by atoms with Crippen LogP contribution in [0.25, 0.3) is 0 Å². The van der Waals surface area contributed by atoms with Gasteiger partial charge in [0.2, 0.25) is 11.7 Å². The van der Waals surface area contributed by atoms with Gasteiger partial charge in [0.15, 0.2) is 5.69 Å². The Hall–Kier alpha value is -2.53. The van der Waals surface area contributed by atoms with Crippen molar-refractivity contribution < 1.29 is 18.8 Å². The molecular weight excluding hydrogens is 435 g/mol. The van der Waals surface area contributed by atoms with Gasteiger partial charge in [-0.3, -0.25) is 9.73 Å². The highest BCUT2D eigenvalue weighted by atomic mass is 79.9. The van der Waals surface area contributed by atoms with E-state index in [4.69, 9.17) is 4.94 Å². The Bertz CT molecular complexity index is 838. The number of aromatic nitrogens is 2. The molecule has 1 saturated heterocycles. The van der Waals surface area contributed by atoms with Gasteiger partial charge in [-0.2, -0.15) is 5.48 Å². The second kappa shape index (κ2) is 9.60. The van der Waals surface area contributed by atoms with Crippen LogP contribution in [0.2, 0.25) is 0 Å². The number of carbonyl (C=O) groups is 1. The molecule has 0 spiro atoms. The molecule has 1 aliphatic rings. The topological polar surface area (TPSA) is 105 Å². The zero-order valence-corrected chi connectivity index (χ0v) is 16.8. The number of halogens is 2. The average Bonchev–Trinajstić information content (AvgIpc) is 3.14. The zero-order valence-electron chi connectivity index (χ0n) is 15.2. The predicted molar refractivity (Wildman–Crippen MR) is 104 cm³/mol. The van der Waals surface area contributed by atoms with Crippen molar-refractivity contribution in [3.63, 3.8) is 0 Å². The Morgan fingerprint density at radius 3 is 2.96 bits per heavy atom. The van der Waals surface area contributed by atoms with Crippen LogP contribution in [0, 0.1) is 11.7 Å². The van der Waals surface area contributed by atoms with E-state index in [1.54, 1.807) is 0 Å². The van der Waals surface area contributed by atoms with E-state index in [2.05, 4.69) is 58.6 Å². The van der Waals surface area contributed by atoms with E-state index in [1.807, 2.05) is 0 Å². The van der Waals surface area contributed by atoms with Crippen molar-refractivity contribution in [2.24, 2.45) is 11.1 Å². The monoisotopic (exact) mass is 454 g/mol. The normalized spacial score (nSPS) is 15.7. The predicted octanol–water partition coefficient (Wildman–Crippen LogP) is 3.02. The fraction of sp³-hybridized carbons (Fsp3) is 0.412. The summed E-state index contributed by atoms with van der Waals surface area (Å²) in [5, 5.41) is 13.8. The lowest BCUT2D eigenvalue weighted by Gasteiger charge is -2.29. The lowest BCUT2D eigenvalue weighted by molar-refractivity contribution is -0.121. The number of amides is 1. The third kappa shape index (κ3) is 5.26. The van der Waals surface area contributed by atoms with Gasteiger partial charge in [-0.15, -0.1) is 0 Å². The number of rotatable bonds is 7. The lowest BCUT2D eigenvalue weighted by atomic mass is 9.96. The minimum atomic E-state index is -0.386. The summed E-state index contributed by atoms with van der Waals surface area (Å²) >= 11 is 3.08. The molecule has 2 N–H and O–H groups in total. The fourth-order valence-electron chi connectivity index (χ4n) is 2.81. The summed E-state index contributed by atoms with van der Waals surface area (Å²) in [6.45, 7) is 4.90. The summed E-state index contributed by atoms with van der Waals surface area (Å²) in [6.07, 6.45) is 2.85. The van der Waals surface area contributed by atoms with Crippen LogP contribution in [0.1, 0.15) is 25.5 Å². The third-order valence-corrected chi connectivity index (χ3v) is 5.08. The quantitative estimate of drug-likeness (QED) is 0.489. The molecule has 0 saturated carbocycles. The van der Waals surface area contributed by atoms with Gasteiger partial charge in [0.25, 0.3) is 0 Å². The summed E-state index contributed by atoms with van der Waals surface area (Å²) in [5.41, 5.74) is 3.25. The first-order valence-electron chi connectivity index (χ1n) is 8.83. The Balaban J connectivity index is 1.51. The Morgan fingerprint density at radius 2 is 2.25 bits per heavy atom. The molecule has 0 unspecified atom stereocenters. The number of carbonyl (C=O) groups excluding carboxylic acids is 1. The molecule has 9 nitrogen and oxygen atoms in total. The van der Waals surface area contributed by atoms with Gasteiger partial charge in [-0.05, 0) is 76.9 Å². The first-order chi connectivity index (χ1) is 13.6. The molecule has 1 aliphatic heterocycles. The molecular formula is C17H20BrFN6O3. The second-order valence-electron chi connectivity index (χ2n) is 6.25. The number of piperidine rings is 1. The van der Waals surface area contributed by atoms with E-state index in [0.29, 0.717) is 10.2 Å². The van der Waals surface area contributed by atoms with Crippen LogP contribution in [-0.2, 0) is 9.73 Å². The van der Waals surface area contributed by atoms with Crippen LogP contribution in [0.5, 0.6) is 0 Å². The highest BCUT2D eigenvalue weighted by molar-refractivity contribution is 9.10. The molecule has 0 aliphatic carbocycles. The standard InChI is InChI=1S/C17H20BrFN6O3/c1-2-25-7-5-11(6-8-25)17(26)21-16-15(23-28-24-16)10-20-27-22-12-3-4-14(19)13(18)9-12/h3-4,9-11,22H,2,5-8H2,1H3,(H,21,24,26)/b20-10+. The number of anilines is 2. The molecule has 1 aromatic heterocycles. The van der Waals surface area contributed by atoms with E-state index in [1.165, 1.54) is 24.4 Å². The smallest absolute Gasteiger partial charge is 0.228 e. The molecule has 1 aromatic carbocycles. The summed E-state index contributed by atoms with van der Waals surface area (Å²) in [5.74, 6) is -0.390. The van der Waals surface area contributed by atoms with Crippen molar-refractivity contribution in [2.75, 3.05) is 30.4 Å². The Kier molecular flexibility index (Phi) is 6.93. The maximum Gasteiger partial charge on any atom is 0.228 e. The number of nitrogens with one attached hydrogen (secondary N) is 2. The van der Waals surface area contributed by atoms with E-state index < -0.39 is 0 Å². The van der Waals surface area contributed by atoms with Gasteiger partial charge in [-0.25, -0.2) is 9.02 Å². The van der Waals surface area contributed by atoms with Crippen LogP contribution in [0.3, 0.4) is 0 Å². The number of hydrogen-bond donors (Lipinski definition) is 2. The Labute approximate surface area is 169 Å². The van der Waals surface area contributed by atoms with Crippen LogP contribution in [0.15, 0.2) is 32.5 Å². The maximum atomic E-state index is 13.2. The molecule has 150 valence electrons. The molecule has 1 amide bonds. The van der Waals surface area contributed by atoms with Crippen molar-refractivity contribution in [2.45, 2.75) is 19.8 Å². The molecule has 11 heteroatoms. The highest BCUT2D eigenvalue weighted by Crippen LogP contribution is 2.21. The number of benzene rings is 1. The molecule has 0 bridgehead atoms.